The number of aromatic nitrogens is 2. The molecule has 1 amide bonds. The SMILES string of the molecule is Cc1ccc(N(CC(=O)NCc2ccc(-n3ccnc3)cc2)S(C)(=O)=O)cc1. The molecule has 0 radical (unpaired) electrons. The van der Waals surface area contributed by atoms with E-state index in [0.717, 1.165) is 27.4 Å². The van der Waals surface area contributed by atoms with Crippen LogP contribution in [0.1, 0.15) is 11.1 Å². The summed E-state index contributed by atoms with van der Waals surface area (Å²) in [5.41, 5.74) is 3.36. The molecule has 28 heavy (non-hydrogen) atoms. The van der Waals surface area contributed by atoms with E-state index in [1.165, 1.54) is 0 Å². The van der Waals surface area contributed by atoms with E-state index in [9.17, 15) is 13.2 Å². The highest BCUT2D eigenvalue weighted by Crippen LogP contribution is 2.18. The lowest BCUT2D eigenvalue weighted by Gasteiger charge is -2.22. The van der Waals surface area contributed by atoms with Crippen molar-refractivity contribution in [3.05, 3.63) is 78.4 Å². The van der Waals surface area contributed by atoms with Gasteiger partial charge in [-0.15, -0.1) is 0 Å². The van der Waals surface area contributed by atoms with Crippen molar-refractivity contribution in [3.63, 3.8) is 0 Å². The Labute approximate surface area is 164 Å². The molecule has 146 valence electrons. The van der Waals surface area contributed by atoms with Crippen molar-refractivity contribution >= 4 is 21.6 Å². The van der Waals surface area contributed by atoms with Crippen LogP contribution in [-0.4, -0.2) is 36.7 Å². The van der Waals surface area contributed by atoms with Gasteiger partial charge in [-0.05, 0) is 36.8 Å². The average Bonchev–Trinajstić information content (AvgIpc) is 3.20. The van der Waals surface area contributed by atoms with Crippen molar-refractivity contribution in [2.75, 3.05) is 17.1 Å². The average molecular weight is 398 g/mol. The number of rotatable bonds is 7. The van der Waals surface area contributed by atoms with E-state index in [4.69, 9.17) is 0 Å². The van der Waals surface area contributed by atoms with Crippen LogP contribution in [0, 0.1) is 6.92 Å². The summed E-state index contributed by atoms with van der Waals surface area (Å²) in [7, 11) is -3.58. The first-order chi connectivity index (χ1) is 13.3. The van der Waals surface area contributed by atoms with E-state index in [2.05, 4.69) is 10.3 Å². The van der Waals surface area contributed by atoms with Gasteiger partial charge in [-0.1, -0.05) is 29.8 Å². The highest BCUT2D eigenvalue weighted by Gasteiger charge is 2.20. The molecule has 1 aromatic heterocycles. The Hall–Kier alpha value is -3.13. The monoisotopic (exact) mass is 398 g/mol. The number of nitrogens with one attached hydrogen (secondary N) is 1. The number of nitrogens with zero attached hydrogens (tertiary/aromatic N) is 3. The molecule has 1 N–H and O–H groups in total. The maximum absolute atomic E-state index is 12.3. The van der Waals surface area contributed by atoms with Crippen molar-refractivity contribution in [1.82, 2.24) is 14.9 Å². The minimum Gasteiger partial charge on any atom is -0.350 e. The van der Waals surface area contributed by atoms with Crippen molar-refractivity contribution < 1.29 is 13.2 Å². The molecule has 7 nitrogen and oxygen atoms in total. The quantitative estimate of drug-likeness (QED) is 0.662. The number of hydrogen-bond acceptors (Lipinski definition) is 4. The van der Waals surface area contributed by atoms with Gasteiger partial charge in [0, 0.05) is 24.6 Å². The van der Waals surface area contributed by atoms with Gasteiger partial charge in [0.25, 0.3) is 0 Å². The molecule has 0 aliphatic carbocycles. The predicted molar refractivity (Wildman–Crippen MR) is 109 cm³/mol. The maximum atomic E-state index is 12.3. The Morgan fingerprint density at radius 1 is 1.11 bits per heavy atom. The number of benzene rings is 2. The van der Waals surface area contributed by atoms with Crippen LogP contribution in [0.4, 0.5) is 5.69 Å². The number of anilines is 1. The van der Waals surface area contributed by atoms with Crippen LogP contribution in [0.3, 0.4) is 0 Å². The van der Waals surface area contributed by atoms with Crippen LogP contribution < -0.4 is 9.62 Å². The molecule has 3 rings (SSSR count). The van der Waals surface area contributed by atoms with Crippen molar-refractivity contribution in [2.24, 2.45) is 0 Å². The largest absolute Gasteiger partial charge is 0.350 e. The highest BCUT2D eigenvalue weighted by molar-refractivity contribution is 7.92. The Bertz CT molecular complexity index is 1030. The molecule has 0 spiro atoms. The topological polar surface area (TPSA) is 84.3 Å². The van der Waals surface area contributed by atoms with Gasteiger partial charge in [-0.25, -0.2) is 13.4 Å². The Morgan fingerprint density at radius 3 is 2.36 bits per heavy atom. The summed E-state index contributed by atoms with van der Waals surface area (Å²) in [6.07, 6.45) is 6.36. The van der Waals surface area contributed by atoms with Crippen molar-refractivity contribution in [2.45, 2.75) is 13.5 Å². The van der Waals surface area contributed by atoms with Crippen molar-refractivity contribution in [1.29, 1.82) is 0 Å². The third-order valence-electron chi connectivity index (χ3n) is 4.24. The second kappa shape index (κ2) is 8.26. The molecule has 0 aliphatic rings. The van der Waals surface area contributed by atoms with Crippen LogP contribution in [-0.2, 0) is 21.4 Å². The van der Waals surface area contributed by atoms with Gasteiger partial charge in [0.15, 0.2) is 0 Å². The molecule has 0 saturated carbocycles. The number of aryl methyl sites for hydroxylation is 1. The first-order valence-electron chi connectivity index (χ1n) is 8.71. The summed E-state index contributed by atoms with van der Waals surface area (Å²) in [6.45, 7) is 1.96. The molecule has 0 saturated heterocycles. The lowest BCUT2D eigenvalue weighted by molar-refractivity contribution is -0.119. The molecule has 0 unspecified atom stereocenters. The van der Waals surface area contributed by atoms with Gasteiger partial charge in [0.1, 0.15) is 6.54 Å². The fourth-order valence-corrected chi connectivity index (χ4v) is 3.55. The fourth-order valence-electron chi connectivity index (χ4n) is 2.70. The Morgan fingerprint density at radius 2 is 1.79 bits per heavy atom. The second-order valence-corrected chi connectivity index (χ2v) is 8.43. The van der Waals surface area contributed by atoms with E-state index < -0.39 is 10.0 Å². The number of imidazole rings is 1. The Kier molecular flexibility index (Phi) is 5.79. The van der Waals surface area contributed by atoms with Crippen LogP contribution >= 0.6 is 0 Å². The summed E-state index contributed by atoms with van der Waals surface area (Å²) < 4.78 is 27.2. The van der Waals surface area contributed by atoms with Crippen LogP contribution in [0.2, 0.25) is 0 Å². The van der Waals surface area contributed by atoms with E-state index in [1.807, 2.05) is 54.1 Å². The first-order valence-corrected chi connectivity index (χ1v) is 10.6. The van der Waals surface area contributed by atoms with Gasteiger partial charge in [0.2, 0.25) is 15.9 Å². The highest BCUT2D eigenvalue weighted by atomic mass is 32.2. The smallest absolute Gasteiger partial charge is 0.241 e. The molecular weight excluding hydrogens is 376 g/mol. The number of sulfonamides is 1. The van der Waals surface area contributed by atoms with Crippen LogP contribution in [0.25, 0.3) is 5.69 Å². The number of amides is 1. The van der Waals surface area contributed by atoms with Gasteiger partial charge in [-0.2, -0.15) is 0 Å². The summed E-state index contributed by atoms with van der Waals surface area (Å²) in [4.78, 5) is 16.3. The third-order valence-corrected chi connectivity index (χ3v) is 5.38. The van der Waals surface area contributed by atoms with Gasteiger partial charge >= 0.3 is 0 Å². The maximum Gasteiger partial charge on any atom is 0.241 e. The van der Waals surface area contributed by atoms with E-state index >= 15 is 0 Å². The summed E-state index contributed by atoms with van der Waals surface area (Å²) in [5, 5.41) is 2.77. The van der Waals surface area contributed by atoms with Gasteiger partial charge in [-0.3, -0.25) is 9.10 Å². The molecule has 0 bridgehead atoms. The van der Waals surface area contributed by atoms with Crippen molar-refractivity contribution in [3.8, 4) is 5.69 Å². The predicted octanol–water partition coefficient (Wildman–Crippen LogP) is 2.26. The van der Waals surface area contributed by atoms with Crippen LogP contribution in [0.15, 0.2) is 67.3 Å². The Balaban J connectivity index is 1.62. The molecule has 3 aromatic rings. The van der Waals surface area contributed by atoms with Crippen LogP contribution in [0.5, 0.6) is 0 Å². The molecule has 2 aromatic carbocycles. The third kappa shape index (κ3) is 4.98. The number of carbonyl (C=O) groups is 1. The summed E-state index contributed by atoms with van der Waals surface area (Å²) in [6, 6.07) is 14.7. The second-order valence-electron chi connectivity index (χ2n) is 6.52. The van der Waals surface area contributed by atoms with E-state index in [0.29, 0.717) is 12.2 Å². The van der Waals surface area contributed by atoms with Gasteiger partial charge in [0.05, 0.1) is 18.3 Å². The van der Waals surface area contributed by atoms with E-state index in [-0.39, 0.29) is 12.5 Å². The number of carbonyl (C=O) groups excluding carboxylic acids is 1. The minimum absolute atomic E-state index is 0.269. The molecule has 8 heteroatoms. The fraction of sp³-hybridized carbons (Fsp3) is 0.200. The van der Waals surface area contributed by atoms with Gasteiger partial charge < -0.3 is 9.88 Å². The normalized spacial score (nSPS) is 11.2. The zero-order valence-electron chi connectivity index (χ0n) is 15.7. The zero-order valence-corrected chi connectivity index (χ0v) is 16.6. The molecule has 0 atom stereocenters. The molecule has 0 fully saturated rings. The molecule has 0 aliphatic heterocycles. The zero-order chi connectivity index (χ0) is 20.1. The minimum atomic E-state index is -3.58. The summed E-state index contributed by atoms with van der Waals surface area (Å²) in [5.74, 6) is -0.371. The number of hydrogen-bond donors (Lipinski definition) is 1. The molecular formula is C20H22N4O3S. The lowest BCUT2D eigenvalue weighted by Crippen LogP contribution is -2.40. The first kappa shape index (κ1) is 19.6. The van der Waals surface area contributed by atoms with E-state index in [1.54, 1.807) is 24.7 Å². The summed E-state index contributed by atoms with van der Waals surface area (Å²) >= 11 is 0. The standard InChI is InChI=1S/C20H22N4O3S/c1-16-3-7-19(8-4-16)24(28(2,26)27)14-20(25)22-13-17-5-9-18(10-6-17)23-12-11-21-15-23/h3-12,15H,13-14H2,1-2H3,(H,22,25). The lowest BCUT2D eigenvalue weighted by atomic mass is 10.2. The molecule has 1 heterocycles.